The van der Waals surface area contributed by atoms with Crippen LogP contribution in [0.25, 0.3) is 0 Å². The number of carbonyl (C=O) groups excluding carboxylic acids is 1. The molecule has 1 N–H and O–H groups in total. The maximum atomic E-state index is 12.7. The molecule has 2 rings (SSSR count). The highest BCUT2D eigenvalue weighted by molar-refractivity contribution is 7.13. The zero-order chi connectivity index (χ0) is 15.3. The molecule has 1 fully saturated rings. The van der Waals surface area contributed by atoms with Crippen LogP contribution >= 0.6 is 11.3 Å². The monoisotopic (exact) mass is 296 g/mol. The highest BCUT2D eigenvalue weighted by atomic mass is 32.1. The van der Waals surface area contributed by atoms with Crippen LogP contribution < -0.4 is 0 Å². The standard InChI is InChI=1S/C15H24N2O2S/c1-9(2)12-16-10(3)11(20-12)13(18)17-7-14(4,5)15(6,19)8-17/h9,19H,7-8H2,1-6H3/t15-/m1/s1. The van der Waals surface area contributed by atoms with E-state index < -0.39 is 5.60 Å². The molecule has 20 heavy (non-hydrogen) atoms. The third-order valence-electron chi connectivity index (χ3n) is 4.33. The van der Waals surface area contributed by atoms with E-state index in [1.54, 1.807) is 11.8 Å². The Labute approximate surface area is 124 Å². The Morgan fingerprint density at radius 1 is 1.35 bits per heavy atom. The van der Waals surface area contributed by atoms with Gasteiger partial charge in [-0.15, -0.1) is 11.3 Å². The van der Waals surface area contributed by atoms with Crippen molar-refractivity contribution in [1.82, 2.24) is 9.88 Å². The second-order valence-electron chi connectivity index (χ2n) is 6.94. The summed E-state index contributed by atoms with van der Waals surface area (Å²) in [6, 6.07) is 0. The molecule has 1 aromatic rings. The number of amides is 1. The third kappa shape index (κ3) is 2.49. The number of hydrogen-bond donors (Lipinski definition) is 1. The first-order valence-electron chi connectivity index (χ1n) is 7.04. The van der Waals surface area contributed by atoms with Crippen LogP contribution in [0.1, 0.15) is 60.9 Å². The van der Waals surface area contributed by atoms with E-state index in [-0.39, 0.29) is 11.3 Å². The Bertz CT molecular complexity index is 516. The van der Waals surface area contributed by atoms with Crippen LogP contribution in [0.4, 0.5) is 0 Å². The van der Waals surface area contributed by atoms with Gasteiger partial charge in [-0.1, -0.05) is 27.7 Å². The maximum Gasteiger partial charge on any atom is 0.265 e. The fourth-order valence-electron chi connectivity index (χ4n) is 2.44. The van der Waals surface area contributed by atoms with E-state index in [0.29, 0.717) is 23.9 Å². The van der Waals surface area contributed by atoms with E-state index in [4.69, 9.17) is 0 Å². The molecular weight excluding hydrogens is 272 g/mol. The Balaban J connectivity index is 2.26. The first-order chi connectivity index (χ1) is 9.05. The molecule has 1 amide bonds. The SMILES string of the molecule is Cc1nc(C(C)C)sc1C(=O)N1CC(C)(C)[C@](C)(O)C1. The van der Waals surface area contributed by atoms with Crippen LogP contribution in [0.3, 0.4) is 0 Å². The van der Waals surface area contributed by atoms with Crippen molar-refractivity contribution < 1.29 is 9.90 Å². The minimum atomic E-state index is -0.845. The average Bonchev–Trinajstić information content (AvgIpc) is 2.77. The zero-order valence-electron chi connectivity index (χ0n) is 13.1. The Morgan fingerprint density at radius 3 is 2.35 bits per heavy atom. The van der Waals surface area contributed by atoms with Crippen molar-refractivity contribution in [2.24, 2.45) is 5.41 Å². The molecule has 0 radical (unpaired) electrons. The van der Waals surface area contributed by atoms with Crippen molar-refractivity contribution in [2.75, 3.05) is 13.1 Å². The topological polar surface area (TPSA) is 53.4 Å². The number of thiazole rings is 1. The van der Waals surface area contributed by atoms with Gasteiger partial charge in [0.15, 0.2) is 0 Å². The largest absolute Gasteiger partial charge is 0.388 e. The van der Waals surface area contributed by atoms with Crippen molar-refractivity contribution in [3.05, 3.63) is 15.6 Å². The quantitative estimate of drug-likeness (QED) is 0.913. The van der Waals surface area contributed by atoms with Crippen LogP contribution in [-0.2, 0) is 0 Å². The van der Waals surface area contributed by atoms with Gasteiger partial charge < -0.3 is 10.0 Å². The predicted octanol–water partition coefficient (Wildman–Crippen LogP) is 2.81. The number of aromatic nitrogens is 1. The lowest BCUT2D eigenvalue weighted by molar-refractivity contribution is -0.0108. The van der Waals surface area contributed by atoms with Crippen LogP contribution in [0.15, 0.2) is 0 Å². The molecule has 0 unspecified atom stereocenters. The van der Waals surface area contributed by atoms with Crippen LogP contribution in [0, 0.1) is 12.3 Å². The summed E-state index contributed by atoms with van der Waals surface area (Å²) in [4.78, 5) is 19.6. The van der Waals surface area contributed by atoms with Gasteiger partial charge in [0.1, 0.15) is 4.88 Å². The number of aryl methyl sites for hydroxylation is 1. The molecule has 0 aromatic carbocycles. The first kappa shape index (κ1) is 15.4. The molecule has 2 heterocycles. The van der Waals surface area contributed by atoms with E-state index in [0.717, 1.165) is 10.7 Å². The molecule has 1 aromatic heterocycles. The van der Waals surface area contributed by atoms with Crippen LogP contribution in [-0.4, -0.2) is 39.6 Å². The summed E-state index contributed by atoms with van der Waals surface area (Å²) in [6.45, 7) is 12.8. The smallest absolute Gasteiger partial charge is 0.265 e. The molecule has 0 bridgehead atoms. The van der Waals surface area contributed by atoms with Crippen molar-refractivity contribution >= 4 is 17.2 Å². The summed E-state index contributed by atoms with van der Waals surface area (Å²) in [5.74, 6) is 0.330. The minimum Gasteiger partial charge on any atom is -0.388 e. The van der Waals surface area contributed by atoms with Crippen LogP contribution in [0.5, 0.6) is 0 Å². The van der Waals surface area contributed by atoms with E-state index in [2.05, 4.69) is 18.8 Å². The molecule has 112 valence electrons. The lowest BCUT2D eigenvalue weighted by Gasteiger charge is -2.30. The fraction of sp³-hybridized carbons (Fsp3) is 0.733. The summed E-state index contributed by atoms with van der Waals surface area (Å²) in [5, 5.41) is 11.4. The first-order valence-corrected chi connectivity index (χ1v) is 7.86. The summed E-state index contributed by atoms with van der Waals surface area (Å²) in [5.41, 5.74) is -0.336. The number of hydrogen-bond acceptors (Lipinski definition) is 4. The number of β-amino-alcohol motifs (C(OH)–C–C–N with tert-alkyl or cyclic N) is 1. The van der Waals surface area contributed by atoms with Gasteiger partial charge >= 0.3 is 0 Å². The molecule has 1 saturated heterocycles. The molecule has 0 aliphatic carbocycles. The molecule has 1 aliphatic rings. The van der Waals surface area contributed by atoms with E-state index in [9.17, 15) is 9.90 Å². The average molecular weight is 296 g/mol. The molecule has 0 saturated carbocycles. The number of carbonyl (C=O) groups is 1. The van der Waals surface area contributed by atoms with Gasteiger partial charge in [-0.3, -0.25) is 4.79 Å². The van der Waals surface area contributed by atoms with E-state index >= 15 is 0 Å². The van der Waals surface area contributed by atoms with Gasteiger partial charge in [-0.2, -0.15) is 0 Å². The van der Waals surface area contributed by atoms with Gasteiger partial charge in [0.2, 0.25) is 0 Å². The summed E-state index contributed by atoms with van der Waals surface area (Å²) in [6.07, 6.45) is 0. The molecular formula is C15H24N2O2S. The lowest BCUT2D eigenvalue weighted by atomic mass is 9.79. The van der Waals surface area contributed by atoms with Crippen molar-refractivity contribution in [1.29, 1.82) is 0 Å². The molecule has 1 atom stereocenters. The summed E-state index contributed by atoms with van der Waals surface area (Å²) in [7, 11) is 0. The Hall–Kier alpha value is -0.940. The number of nitrogens with zero attached hydrogens (tertiary/aromatic N) is 2. The second kappa shape index (κ2) is 4.81. The Kier molecular flexibility index (Phi) is 3.71. The van der Waals surface area contributed by atoms with Crippen molar-refractivity contribution in [3.8, 4) is 0 Å². The molecule has 4 nitrogen and oxygen atoms in total. The molecule has 0 spiro atoms. The highest BCUT2D eigenvalue weighted by Gasteiger charge is 2.49. The number of rotatable bonds is 2. The van der Waals surface area contributed by atoms with Gasteiger partial charge in [0, 0.05) is 17.9 Å². The Morgan fingerprint density at radius 2 is 1.95 bits per heavy atom. The van der Waals surface area contributed by atoms with E-state index in [1.165, 1.54) is 11.3 Å². The summed E-state index contributed by atoms with van der Waals surface area (Å²) < 4.78 is 0. The summed E-state index contributed by atoms with van der Waals surface area (Å²) >= 11 is 1.48. The second-order valence-corrected chi connectivity index (χ2v) is 7.97. The predicted molar refractivity (Wildman–Crippen MR) is 81.2 cm³/mol. The minimum absolute atomic E-state index is 0.00208. The fourth-order valence-corrected chi connectivity index (χ4v) is 3.48. The maximum absolute atomic E-state index is 12.7. The van der Waals surface area contributed by atoms with E-state index in [1.807, 2.05) is 20.8 Å². The number of aliphatic hydroxyl groups is 1. The lowest BCUT2D eigenvalue weighted by Crippen LogP contribution is -2.40. The third-order valence-corrected chi connectivity index (χ3v) is 5.78. The van der Waals surface area contributed by atoms with Gasteiger partial charge in [-0.05, 0) is 13.8 Å². The molecule has 1 aliphatic heterocycles. The van der Waals surface area contributed by atoms with Gasteiger partial charge in [0.25, 0.3) is 5.91 Å². The van der Waals surface area contributed by atoms with Gasteiger partial charge in [0.05, 0.1) is 22.8 Å². The number of likely N-dealkylation sites (tertiary alicyclic amines) is 1. The van der Waals surface area contributed by atoms with Gasteiger partial charge in [-0.25, -0.2) is 4.98 Å². The molecule has 5 heteroatoms. The zero-order valence-corrected chi connectivity index (χ0v) is 14.0. The normalized spacial score (nSPS) is 25.5. The highest BCUT2D eigenvalue weighted by Crippen LogP contribution is 2.39. The van der Waals surface area contributed by atoms with Crippen molar-refractivity contribution in [3.63, 3.8) is 0 Å². The van der Waals surface area contributed by atoms with Crippen molar-refractivity contribution in [2.45, 2.75) is 53.1 Å². The van der Waals surface area contributed by atoms with Crippen LogP contribution in [0.2, 0.25) is 0 Å².